The number of fused-ring (bicyclic) bond motifs is 3. The Bertz CT molecular complexity index is 1330. The highest BCUT2D eigenvalue weighted by atomic mass is 16.4. The maximum absolute atomic E-state index is 14.1. The summed E-state index contributed by atoms with van der Waals surface area (Å²) in [5.41, 5.74) is -1.11. The third kappa shape index (κ3) is 3.72. The van der Waals surface area contributed by atoms with Crippen molar-refractivity contribution in [1.29, 1.82) is 0 Å². The largest absolute Gasteiger partial charge is 0.505 e. The quantitative estimate of drug-likeness (QED) is 0.126. The first-order chi connectivity index (χ1) is 18.9. The first kappa shape index (κ1) is 30.6. The molecule has 0 radical (unpaired) electrons. The molecule has 9 N–H and O–H groups in total. The zero-order chi connectivity index (χ0) is 31.0. The van der Waals surface area contributed by atoms with Gasteiger partial charge in [0.05, 0.1) is 35.9 Å². The van der Waals surface area contributed by atoms with Crippen molar-refractivity contribution >= 4 is 35.5 Å². The fourth-order valence-corrected chi connectivity index (χ4v) is 8.16. The molecule has 0 heterocycles. The molecule has 0 saturated heterocycles. The van der Waals surface area contributed by atoms with Crippen molar-refractivity contribution in [3.8, 4) is 5.75 Å². The lowest BCUT2D eigenvalue weighted by Gasteiger charge is -2.69. The molecular weight excluding hydrogens is 538 g/mol. The van der Waals surface area contributed by atoms with Gasteiger partial charge in [-0.25, -0.2) is 4.79 Å². The van der Waals surface area contributed by atoms with E-state index < -0.39 is 93.6 Å². The second-order valence-corrected chi connectivity index (χ2v) is 12.3. The molecule has 41 heavy (non-hydrogen) atoms. The van der Waals surface area contributed by atoms with Gasteiger partial charge in [-0.05, 0) is 29.4 Å². The van der Waals surface area contributed by atoms with E-state index in [1.807, 2.05) is 0 Å². The number of aliphatic hydroxyl groups excluding tert-OH is 3. The molecule has 1 aromatic rings. The maximum Gasteiger partial charge on any atom is 0.319 e. The number of ketones is 2. The van der Waals surface area contributed by atoms with Gasteiger partial charge in [-0.3, -0.25) is 14.4 Å². The molecule has 4 rings (SSSR count). The van der Waals surface area contributed by atoms with Crippen molar-refractivity contribution < 1.29 is 49.5 Å². The summed E-state index contributed by atoms with van der Waals surface area (Å²) >= 11 is 0. The number of urea groups is 1. The number of aliphatic hydroxyl groups is 4. The highest BCUT2D eigenvalue weighted by Gasteiger charge is 2.80. The fraction of sp³-hybridized carbons (Fsp3) is 0.607. The van der Waals surface area contributed by atoms with Crippen LogP contribution in [0.4, 0.5) is 10.5 Å². The predicted molar refractivity (Wildman–Crippen MR) is 143 cm³/mol. The van der Waals surface area contributed by atoms with E-state index in [-0.39, 0.29) is 23.4 Å². The van der Waals surface area contributed by atoms with E-state index in [1.54, 1.807) is 20.8 Å². The van der Waals surface area contributed by atoms with E-state index in [9.17, 15) is 49.5 Å². The Hall–Kier alpha value is -3.39. The van der Waals surface area contributed by atoms with Crippen molar-refractivity contribution in [2.75, 3.05) is 11.9 Å². The Balaban J connectivity index is 1.94. The number of phenols is 1. The van der Waals surface area contributed by atoms with E-state index in [1.165, 1.54) is 26.0 Å². The minimum Gasteiger partial charge on any atom is -0.505 e. The maximum atomic E-state index is 14.1. The normalized spacial score (nSPS) is 39.8. The standard InChI is InChI=1S/C28H37N3O10/c1-10(2)16-20(35)15(23(29)38)21(36)28(41)22(37)17-19(34)14-12(11(3)26(17,4)24(39)27(16,28)5)6-7-13(18(14)33)31-25(40)30-8-9-32/h6-7,9-11,15-17,20,22,24,33,35,37,39,41H,8H2,1-5H3,(H2,29,38)(H2,30,31,40)/t11-,15-,16+,17-,20?,22?,24-,26+,27+,28+/m1/s1. The molecule has 0 bridgehead atoms. The van der Waals surface area contributed by atoms with Crippen LogP contribution in [0.3, 0.4) is 0 Å². The monoisotopic (exact) mass is 575 g/mol. The number of Topliss-reactive ketones (excluding diaryl/α,β-unsaturated/α-hetero) is 2. The number of nitrogens with one attached hydrogen (secondary N) is 2. The number of phenolic OH excluding ortho intramolecular Hbond substituents is 1. The number of rotatable bonds is 5. The molecule has 10 atom stereocenters. The van der Waals surface area contributed by atoms with Gasteiger partial charge in [-0.1, -0.05) is 40.7 Å². The number of hydrogen-bond acceptors (Lipinski definition) is 10. The number of aromatic hydroxyl groups is 1. The summed E-state index contributed by atoms with van der Waals surface area (Å²) in [5.74, 6) is -10.1. The Morgan fingerprint density at radius 1 is 1.15 bits per heavy atom. The Kier molecular flexibility index (Phi) is 7.35. The van der Waals surface area contributed by atoms with Crippen LogP contribution in [0.25, 0.3) is 0 Å². The molecule has 0 spiro atoms. The lowest BCUT2D eigenvalue weighted by molar-refractivity contribution is -0.306. The van der Waals surface area contributed by atoms with Gasteiger partial charge >= 0.3 is 6.03 Å². The number of hydrogen-bond donors (Lipinski definition) is 8. The van der Waals surface area contributed by atoms with Gasteiger partial charge in [0, 0.05) is 10.8 Å². The van der Waals surface area contributed by atoms with E-state index in [2.05, 4.69) is 10.6 Å². The van der Waals surface area contributed by atoms with Gasteiger partial charge in [-0.15, -0.1) is 0 Å². The van der Waals surface area contributed by atoms with Crippen LogP contribution in [0, 0.1) is 34.5 Å². The van der Waals surface area contributed by atoms with Crippen LogP contribution in [0.1, 0.15) is 56.5 Å². The molecule has 224 valence electrons. The van der Waals surface area contributed by atoms with Gasteiger partial charge in [-0.2, -0.15) is 0 Å². The zero-order valence-corrected chi connectivity index (χ0v) is 23.4. The SMILES string of the molecule is CC(C)[C@H]1C(O)[C@@H](C(N)=O)C(=O)[C@]2(O)C(O)[C@H]3C(=O)c4c(ccc(NC(=O)NCC=O)c4O)[C@@H](C)[C@]3(C)[C@@H](O)[C@]12C. The van der Waals surface area contributed by atoms with E-state index >= 15 is 0 Å². The van der Waals surface area contributed by atoms with Crippen LogP contribution in [-0.4, -0.2) is 85.8 Å². The summed E-state index contributed by atoms with van der Waals surface area (Å²) in [4.78, 5) is 62.9. The smallest absolute Gasteiger partial charge is 0.319 e. The number of benzene rings is 1. The van der Waals surface area contributed by atoms with Crippen molar-refractivity contribution in [1.82, 2.24) is 5.32 Å². The lowest BCUT2D eigenvalue weighted by atomic mass is 9.36. The Morgan fingerprint density at radius 2 is 1.76 bits per heavy atom. The molecule has 13 nitrogen and oxygen atoms in total. The third-order valence-corrected chi connectivity index (χ3v) is 10.2. The van der Waals surface area contributed by atoms with Crippen molar-refractivity contribution in [3.63, 3.8) is 0 Å². The fourth-order valence-electron chi connectivity index (χ4n) is 8.16. The molecule has 2 saturated carbocycles. The molecule has 2 fully saturated rings. The van der Waals surface area contributed by atoms with E-state index in [0.29, 0.717) is 6.29 Å². The lowest BCUT2D eigenvalue weighted by Crippen LogP contribution is -2.83. The van der Waals surface area contributed by atoms with Crippen LogP contribution in [-0.2, 0) is 14.4 Å². The molecule has 1 aromatic carbocycles. The minimum atomic E-state index is -2.89. The first-order valence-electron chi connectivity index (χ1n) is 13.4. The van der Waals surface area contributed by atoms with Crippen LogP contribution in [0.2, 0.25) is 0 Å². The summed E-state index contributed by atoms with van der Waals surface area (Å²) in [6, 6.07) is 1.98. The average molecular weight is 576 g/mol. The molecule has 13 heteroatoms. The average Bonchev–Trinajstić information content (AvgIpc) is 2.88. The zero-order valence-electron chi connectivity index (χ0n) is 23.4. The van der Waals surface area contributed by atoms with Crippen LogP contribution >= 0.6 is 0 Å². The molecular formula is C28H37N3O10. The number of aldehydes is 1. The summed E-state index contributed by atoms with van der Waals surface area (Å²) < 4.78 is 0. The summed E-state index contributed by atoms with van der Waals surface area (Å²) in [6.45, 7) is 7.59. The van der Waals surface area contributed by atoms with Gasteiger partial charge in [0.1, 0.15) is 24.1 Å². The van der Waals surface area contributed by atoms with Crippen LogP contribution in [0.5, 0.6) is 5.75 Å². The van der Waals surface area contributed by atoms with Gasteiger partial charge in [0.25, 0.3) is 0 Å². The number of carbonyl (C=O) groups is 5. The van der Waals surface area contributed by atoms with E-state index in [4.69, 9.17) is 5.73 Å². The highest BCUT2D eigenvalue weighted by Crippen LogP contribution is 2.68. The molecule has 0 aliphatic heterocycles. The Morgan fingerprint density at radius 3 is 2.29 bits per heavy atom. The summed E-state index contributed by atoms with van der Waals surface area (Å²) in [5, 5.41) is 63.0. The second-order valence-electron chi connectivity index (χ2n) is 12.3. The van der Waals surface area contributed by atoms with Crippen LogP contribution < -0.4 is 16.4 Å². The van der Waals surface area contributed by atoms with Crippen LogP contribution in [0.15, 0.2) is 12.1 Å². The molecule has 0 aromatic heterocycles. The first-order valence-corrected chi connectivity index (χ1v) is 13.4. The van der Waals surface area contributed by atoms with Crippen molar-refractivity contribution in [2.24, 2.45) is 40.2 Å². The molecule has 3 aliphatic carbocycles. The van der Waals surface area contributed by atoms with E-state index in [0.717, 1.165) is 0 Å². The topological polar surface area (TPSA) is 237 Å². The number of anilines is 1. The summed E-state index contributed by atoms with van der Waals surface area (Å²) in [7, 11) is 0. The van der Waals surface area contributed by atoms with Crippen molar-refractivity contribution in [3.05, 3.63) is 23.3 Å². The number of carbonyl (C=O) groups excluding carboxylic acids is 5. The Labute approximate surface area is 236 Å². The number of primary amides is 1. The number of nitrogens with two attached hydrogens (primary N) is 1. The summed E-state index contributed by atoms with van der Waals surface area (Å²) in [6.07, 6.45) is -5.10. The van der Waals surface area contributed by atoms with Crippen molar-refractivity contribution in [2.45, 2.75) is 64.4 Å². The second kappa shape index (κ2) is 9.86. The molecule has 3 amide bonds. The van der Waals surface area contributed by atoms with Gasteiger partial charge in [0.2, 0.25) is 5.91 Å². The van der Waals surface area contributed by atoms with Gasteiger partial charge in [0.15, 0.2) is 17.2 Å². The minimum absolute atomic E-state index is 0.184. The highest BCUT2D eigenvalue weighted by molar-refractivity contribution is 6.10. The number of amides is 3. The predicted octanol–water partition coefficient (Wildman–Crippen LogP) is -0.575. The van der Waals surface area contributed by atoms with Gasteiger partial charge < -0.3 is 46.7 Å². The molecule has 3 aliphatic rings. The third-order valence-electron chi connectivity index (χ3n) is 10.2. The molecule has 2 unspecified atom stereocenters.